The van der Waals surface area contributed by atoms with E-state index in [1.807, 2.05) is 6.92 Å². The summed E-state index contributed by atoms with van der Waals surface area (Å²) in [5.41, 5.74) is 0.0527. The van der Waals surface area contributed by atoms with E-state index in [0.29, 0.717) is 18.7 Å². The molecule has 1 aromatic rings. The van der Waals surface area contributed by atoms with Gasteiger partial charge in [-0.2, -0.15) is 0 Å². The quantitative estimate of drug-likeness (QED) is 0.819. The number of rotatable bonds is 3. The Hall–Kier alpha value is -1.65. The van der Waals surface area contributed by atoms with Crippen LogP contribution in [0.3, 0.4) is 0 Å². The molecule has 1 fully saturated rings. The fourth-order valence-electron chi connectivity index (χ4n) is 2.26. The molecule has 2 atom stereocenters. The van der Waals surface area contributed by atoms with Gasteiger partial charge in [-0.15, -0.1) is 0 Å². The lowest BCUT2D eigenvalue weighted by Gasteiger charge is -2.17. The summed E-state index contributed by atoms with van der Waals surface area (Å²) in [6.45, 7) is 3.96. The van der Waals surface area contributed by atoms with Crippen LogP contribution in [0, 0.1) is 5.92 Å². The van der Waals surface area contributed by atoms with E-state index in [-0.39, 0.29) is 23.9 Å². The summed E-state index contributed by atoms with van der Waals surface area (Å²) in [6.07, 6.45) is 0.922. The first kappa shape index (κ1) is 12.8. The molecule has 1 unspecified atom stereocenters. The molecule has 1 aliphatic heterocycles. The van der Waals surface area contributed by atoms with Gasteiger partial charge in [0.2, 0.25) is 5.91 Å². The molecule has 2 heterocycles. The number of nitrogens with zero attached hydrogens (tertiary/aromatic N) is 2. The van der Waals surface area contributed by atoms with E-state index in [9.17, 15) is 14.0 Å². The fourth-order valence-corrected chi connectivity index (χ4v) is 2.26. The molecule has 0 aliphatic carbocycles. The number of aromatic nitrogens is 1. The fraction of sp³-hybridized carbons (Fsp3) is 0.538. The standard InChI is InChI=1S/C13H17FN2O2/c1-9-6-12(17)16(7-9)11-4-3-5-15(13(11)18)8-10(2)14/h3-5,9-10H,6-8H2,1-2H3/t9-,10?/m0/s1. The minimum Gasteiger partial charge on any atom is -0.311 e. The van der Waals surface area contributed by atoms with Gasteiger partial charge in [-0.1, -0.05) is 6.92 Å². The van der Waals surface area contributed by atoms with Gasteiger partial charge in [0, 0.05) is 19.2 Å². The number of carbonyl (C=O) groups is 1. The summed E-state index contributed by atoms with van der Waals surface area (Å²) in [6, 6.07) is 3.30. The van der Waals surface area contributed by atoms with Crippen LogP contribution in [0.2, 0.25) is 0 Å². The summed E-state index contributed by atoms with van der Waals surface area (Å²) in [4.78, 5) is 25.4. The van der Waals surface area contributed by atoms with Crippen molar-refractivity contribution in [2.24, 2.45) is 5.92 Å². The number of halogens is 1. The van der Waals surface area contributed by atoms with Crippen molar-refractivity contribution >= 4 is 11.6 Å². The third-order valence-corrected chi connectivity index (χ3v) is 3.06. The molecule has 0 saturated carbocycles. The zero-order valence-corrected chi connectivity index (χ0v) is 10.6. The molecule has 5 heteroatoms. The van der Waals surface area contributed by atoms with Crippen LogP contribution in [0.1, 0.15) is 20.3 Å². The molecule has 4 nitrogen and oxygen atoms in total. The van der Waals surface area contributed by atoms with Gasteiger partial charge in [-0.3, -0.25) is 9.59 Å². The molecule has 0 radical (unpaired) electrons. The van der Waals surface area contributed by atoms with E-state index in [0.717, 1.165) is 0 Å². The van der Waals surface area contributed by atoms with Crippen LogP contribution in [0.25, 0.3) is 0 Å². The summed E-state index contributed by atoms with van der Waals surface area (Å²) in [5.74, 6) is 0.219. The number of hydrogen-bond acceptors (Lipinski definition) is 2. The molecule has 1 amide bonds. The van der Waals surface area contributed by atoms with Gasteiger partial charge in [-0.25, -0.2) is 4.39 Å². The summed E-state index contributed by atoms with van der Waals surface area (Å²) in [7, 11) is 0. The number of amides is 1. The second-order valence-corrected chi connectivity index (χ2v) is 4.95. The number of anilines is 1. The van der Waals surface area contributed by atoms with Gasteiger partial charge in [0.25, 0.3) is 5.56 Å². The normalized spacial score (nSPS) is 21.4. The molecule has 0 aromatic carbocycles. The summed E-state index contributed by atoms with van der Waals surface area (Å²) < 4.78 is 14.3. The molecule has 0 bridgehead atoms. The molecule has 0 spiro atoms. The van der Waals surface area contributed by atoms with E-state index in [2.05, 4.69) is 0 Å². The third-order valence-electron chi connectivity index (χ3n) is 3.06. The Morgan fingerprint density at radius 2 is 2.22 bits per heavy atom. The molecule has 98 valence electrons. The highest BCUT2D eigenvalue weighted by molar-refractivity contribution is 5.95. The SMILES string of the molecule is CC(F)Cn1cccc(N2C[C@@H](C)CC2=O)c1=O. The zero-order valence-electron chi connectivity index (χ0n) is 10.6. The Morgan fingerprint density at radius 3 is 2.78 bits per heavy atom. The molecule has 18 heavy (non-hydrogen) atoms. The zero-order chi connectivity index (χ0) is 13.3. The van der Waals surface area contributed by atoms with E-state index < -0.39 is 6.17 Å². The second-order valence-electron chi connectivity index (χ2n) is 4.95. The Kier molecular flexibility index (Phi) is 3.50. The van der Waals surface area contributed by atoms with Crippen LogP contribution in [0.15, 0.2) is 23.1 Å². The number of alkyl halides is 1. The summed E-state index contributed by atoms with van der Waals surface area (Å²) in [5, 5.41) is 0. The monoisotopic (exact) mass is 252 g/mol. The highest BCUT2D eigenvalue weighted by Crippen LogP contribution is 2.21. The van der Waals surface area contributed by atoms with E-state index in [1.165, 1.54) is 16.4 Å². The van der Waals surface area contributed by atoms with Crippen LogP contribution in [-0.4, -0.2) is 23.2 Å². The number of pyridine rings is 1. The van der Waals surface area contributed by atoms with Gasteiger partial charge in [0.15, 0.2) is 0 Å². The predicted octanol–water partition coefficient (Wildman–Crippen LogP) is 1.58. The molecule has 1 aliphatic rings. The molecule has 2 rings (SSSR count). The van der Waals surface area contributed by atoms with Crippen LogP contribution in [-0.2, 0) is 11.3 Å². The Morgan fingerprint density at radius 1 is 1.50 bits per heavy atom. The molecule has 1 saturated heterocycles. The molecule has 0 N–H and O–H groups in total. The minimum atomic E-state index is -1.09. The summed E-state index contributed by atoms with van der Waals surface area (Å²) >= 11 is 0. The van der Waals surface area contributed by atoms with Gasteiger partial charge in [-0.05, 0) is 25.0 Å². The average Bonchev–Trinajstić information content (AvgIpc) is 2.60. The Labute approximate surface area is 105 Å². The van der Waals surface area contributed by atoms with Crippen LogP contribution < -0.4 is 10.5 Å². The predicted molar refractivity (Wildman–Crippen MR) is 67.4 cm³/mol. The lowest BCUT2D eigenvalue weighted by atomic mass is 10.2. The van der Waals surface area contributed by atoms with Gasteiger partial charge >= 0.3 is 0 Å². The first-order valence-electron chi connectivity index (χ1n) is 6.13. The van der Waals surface area contributed by atoms with E-state index >= 15 is 0 Å². The molecular weight excluding hydrogens is 235 g/mol. The first-order valence-corrected chi connectivity index (χ1v) is 6.13. The smallest absolute Gasteiger partial charge is 0.274 e. The van der Waals surface area contributed by atoms with Crippen LogP contribution in [0.5, 0.6) is 0 Å². The van der Waals surface area contributed by atoms with Gasteiger partial charge in [0.1, 0.15) is 11.9 Å². The highest BCUT2D eigenvalue weighted by atomic mass is 19.1. The van der Waals surface area contributed by atoms with Crippen molar-refractivity contribution < 1.29 is 9.18 Å². The van der Waals surface area contributed by atoms with Crippen molar-refractivity contribution in [2.45, 2.75) is 33.0 Å². The van der Waals surface area contributed by atoms with Gasteiger partial charge in [0.05, 0.1) is 6.54 Å². The van der Waals surface area contributed by atoms with Crippen molar-refractivity contribution in [2.75, 3.05) is 11.4 Å². The maximum Gasteiger partial charge on any atom is 0.274 e. The van der Waals surface area contributed by atoms with Crippen LogP contribution >= 0.6 is 0 Å². The maximum atomic E-state index is 13.0. The number of carbonyl (C=O) groups excluding carboxylic acids is 1. The van der Waals surface area contributed by atoms with Crippen molar-refractivity contribution in [1.29, 1.82) is 0 Å². The topological polar surface area (TPSA) is 42.3 Å². The first-order chi connectivity index (χ1) is 8.49. The van der Waals surface area contributed by atoms with Gasteiger partial charge < -0.3 is 9.47 Å². The van der Waals surface area contributed by atoms with Crippen LogP contribution in [0.4, 0.5) is 10.1 Å². The third kappa shape index (κ3) is 2.44. The number of hydrogen-bond donors (Lipinski definition) is 0. The average molecular weight is 252 g/mol. The lowest BCUT2D eigenvalue weighted by Crippen LogP contribution is -2.33. The van der Waals surface area contributed by atoms with Crippen molar-refractivity contribution in [3.8, 4) is 0 Å². The Bertz CT molecular complexity index is 510. The largest absolute Gasteiger partial charge is 0.311 e. The van der Waals surface area contributed by atoms with Crippen molar-refractivity contribution in [1.82, 2.24) is 4.57 Å². The van der Waals surface area contributed by atoms with Crippen molar-refractivity contribution in [3.63, 3.8) is 0 Å². The molecular formula is C13H17FN2O2. The second kappa shape index (κ2) is 4.92. The maximum absolute atomic E-state index is 13.0. The molecule has 1 aromatic heterocycles. The lowest BCUT2D eigenvalue weighted by molar-refractivity contribution is -0.117. The van der Waals surface area contributed by atoms with E-state index in [4.69, 9.17) is 0 Å². The highest BCUT2D eigenvalue weighted by Gasteiger charge is 2.29. The minimum absolute atomic E-state index is 0.0181. The van der Waals surface area contributed by atoms with E-state index in [1.54, 1.807) is 18.3 Å². The van der Waals surface area contributed by atoms with Crippen molar-refractivity contribution in [3.05, 3.63) is 28.7 Å². The Balaban J connectivity index is 2.34.